The molecule has 0 aliphatic carbocycles. The van der Waals surface area contributed by atoms with Crippen LogP contribution in [-0.2, 0) is 9.53 Å². The van der Waals surface area contributed by atoms with E-state index in [2.05, 4.69) is 17.1 Å². The Labute approximate surface area is 123 Å². The van der Waals surface area contributed by atoms with Gasteiger partial charge in [0.05, 0.1) is 6.10 Å². The third-order valence-electron chi connectivity index (χ3n) is 4.60. The molecule has 0 bridgehead atoms. The Hall–Kier alpha value is -0.610. The Kier molecular flexibility index (Phi) is 6.80. The zero-order chi connectivity index (χ0) is 14.2. The molecule has 1 amide bonds. The molecule has 0 aromatic carbocycles. The molecule has 0 aromatic heterocycles. The molecule has 1 N–H and O–H groups in total. The van der Waals surface area contributed by atoms with Gasteiger partial charge in [-0.2, -0.15) is 0 Å². The SMILES string of the molecule is CCNCC1CCN(C(=O)CCC2CCCCO2)CC1. The van der Waals surface area contributed by atoms with Crippen molar-refractivity contribution in [3.63, 3.8) is 0 Å². The normalized spacial score (nSPS) is 24.9. The molecule has 0 saturated carbocycles. The maximum atomic E-state index is 12.2. The van der Waals surface area contributed by atoms with Gasteiger partial charge < -0.3 is 15.0 Å². The lowest BCUT2D eigenvalue weighted by atomic mass is 9.96. The molecule has 1 unspecified atom stereocenters. The van der Waals surface area contributed by atoms with Crippen LogP contribution in [0.1, 0.15) is 51.9 Å². The first-order chi connectivity index (χ1) is 9.79. The number of hydrogen-bond donors (Lipinski definition) is 1. The van der Waals surface area contributed by atoms with Crippen molar-refractivity contribution in [2.24, 2.45) is 5.92 Å². The van der Waals surface area contributed by atoms with Crippen LogP contribution in [0, 0.1) is 5.92 Å². The van der Waals surface area contributed by atoms with E-state index in [1.54, 1.807) is 0 Å². The fourth-order valence-corrected chi connectivity index (χ4v) is 3.21. The summed E-state index contributed by atoms with van der Waals surface area (Å²) in [6.45, 7) is 7.07. The van der Waals surface area contributed by atoms with E-state index in [1.165, 1.54) is 12.8 Å². The van der Waals surface area contributed by atoms with Gasteiger partial charge in [-0.15, -0.1) is 0 Å². The number of nitrogens with one attached hydrogen (secondary N) is 1. The number of carbonyl (C=O) groups excluding carboxylic acids is 1. The molecule has 20 heavy (non-hydrogen) atoms. The molecule has 4 nitrogen and oxygen atoms in total. The van der Waals surface area contributed by atoms with E-state index in [-0.39, 0.29) is 0 Å². The second-order valence-corrected chi connectivity index (χ2v) is 6.16. The van der Waals surface area contributed by atoms with Crippen LogP contribution in [0.25, 0.3) is 0 Å². The van der Waals surface area contributed by atoms with Crippen LogP contribution in [0.2, 0.25) is 0 Å². The molecular weight excluding hydrogens is 252 g/mol. The van der Waals surface area contributed by atoms with E-state index >= 15 is 0 Å². The lowest BCUT2D eigenvalue weighted by Gasteiger charge is -2.32. The van der Waals surface area contributed by atoms with Crippen molar-refractivity contribution >= 4 is 5.91 Å². The fraction of sp³-hybridized carbons (Fsp3) is 0.938. The maximum absolute atomic E-state index is 12.2. The summed E-state index contributed by atoms with van der Waals surface area (Å²) in [5, 5.41) is 3.41. The van der Waals surface area contributed by atoms with Crippen LogP contribution in [0.4, 0.5) is 0 Å². The number of likely N-dealkylation sites (tertiary alicyclic amines) is 1. The van der Waals surface area contributed by atoms with E-state index in [0.717, 1.165) is 64.4 Å². The summed E-state index contributed by atoms with van der Waals surface area (Å²) in [4.78, 5) is 14.3. The van der Waals surface area contributed by atoms with E-state index in [1.807, 2.05) is 0 Å². The smallest absolute Gasteiger partial charge is 0.222 e. The van der Waals surface area contributed by atoms with Gasteiger partial charge in [-0.1, -0.05) is 6.92 Å². The molecule has 4 heteroatoms. The van der Waals surface area contributed by atoms with Gasteiger partial charge in [0, 0.05) is 26.1 Å². The molecule has 2 aliphatic heterocycles. The van der Waals surface area contributed by atoms with Gasteiger partial charge in [0.2, 0.25) is 5.91 Å². The van der Waals surface area contributed by atoms with Crippen molar-refractivity contribution in [2.45, 2.75) is 58.0 Å². The number of rotatable bonds is 6. The minimum absolute atomic E-state index is 0.332. The fourth-order valence-electron chi connectivity index (χ4n) is 3.21. The lowest BCUT2D eigenvalue weighted by Crippen LogP contribution is -2.41. The van der Waals surface area contributed by atoms with Gasteiger partial charge in [-0.3, -0.25) is 4.79 Å². The monoisotopic (exact) mass is 282 g/mol. The molecule has 0 aromatic rings. The van der Waals surface area contributed by atoms with Crippen molar-refractivity contribution in [1.29, 1.82) is 0 Å². The van der Waals surface area contributed by atoms with Crippen molar-refractivity contribution in [3.05, 3.63) is 0 Å². The topological polar surface area (TPSA) is 41.6 Å². The van der Waals surface area contributed by atoms with Crippen molar-refractivity contribution in [1.82, 2.24) is 10.2 Å². The molecule has 1 atom stereocenters. The lowest BCUT2D eigenvalue weighted by molar-refractivity contribution is -0.133. The molecule has 0 spiro atoms. The minimum Gasteiger partial charge on any atom is -0.378 e. The summed E-state index contributed by atoms with van der Waals surface area (Å²) in [6.07, 6.45) is 7.80. The third-order valence-corrected chi connectivity index (χ3v) is 4.60. The standard InChI is InChI=1S/C16H30N2O2/c1-2-17-13-14-8-10-18(11-9-14)16(19)7-6-15-5-3-4-12-20-15/h14-15,17H,2-13H2,1H3. The van der Waals surface area contributed by atoms with Gasteiger partial charge >= 0.3 is 0 Å². The van der Waals surface area contributed by atoms with Crippen molar-refractivity contribution in [3.8, 4) is 0 Å². The highest BCUT2D eigenvalue weighted by atomic mass is 16.5. The van der Waals surface area contributed by atoms with Crippen LogP contribution < -0.4 is 5.32 Å². The van der Waals surface area contributed by atoms with Gasteiger partial charge in [0.25, 0.3) is 0 Å². The summed E-state index contributed by atoms with van der Waals surface area (Å²) in [7, 11) is 0. The first-order valence-corrected chi connectivity index (χ1v) is 8.39. The predicted octanol–water partition coefficient (Wildman–Crippen LogP) is 2.18. The summed E-state index contributed by atoms with van der Waals surface area (Å²) in [6, 6.07) is 0. The van der Waals surface area contributed by atoms with E-state index < -0.39 is 0 Å². The van der Waals surface area contributed by atoms with Gasteiger partial charge in [-0.05, 0) is 57.5 Å². The highest BCUT2D eigenvalue weighted by Gasteiger charge is 2.23. The third kappa shape index (κ3) is 5.06. The van der Waals surface area contributed by atoms with Gasteiger partial charge in [0.15, 0.2) is 0 Å². The highest BCUT2D eigenvalue weighted by molar-refractivity contribution is 5.76. The zero-order valence-electron chi connectivity index (χ0n) is 12.9. The molecule has 116 valence electrons. The Balaban J connectivity index is 1.61. The van der Waals surface area contributed by atoms with Crippen LogP contribution in [0.3, 0.4) is 0 Å². The Bertz CT molecular complexity index is 282. The Morgan fingerprint density at radius 1 is 1.25 bits per heavy atom. The number of ether oxygens (including phenoxy) is 1. The van der Waals surface area contributed by atoms with Crippen LogP contribution in [-0.4, -0.2) is 49.7 Å². The summed E-state index contributed by atoms with van der Waals surface area (Å²) >= 11 is 0. The largest absolute Gasteiger partial charge is 0.378 e. The number of hydrogen-bond acceptors (Lipinski definition) is 3. The second-order valence-electron chi connectivity index (χ2n) is 6.16. The number of carbonyl (C=O) groups is 1. The molecular formula is C16H30N2O2. The molecule has 2 aliphatic rings. The Morgan fingerprint density at radius 2 is 2.05 bits per heavy atom. The average Bonchev–Trinajstić information content (AvgIpc) is 2.52. The summed E-state index contributed by atoms with van der Waals surface area (Å²) in [5.41, 5.74) is 0. The van der Waals surface area contributed by atoms with Crippen molar-refractivity contribution < 1.29 is 9.53 Å². The van der Waals surface area contributed by atoms with Crippen molar-refractivity contribution in [2.75, 3.05) is 32.8 Å². The average molecular weight is 282 g/mol. The van der Waals surface area contributed by atoms with Gasteiger partial charge in [0.1, 0.15) is 0 Å². The number of amides is 1. The van der Waals surface area contributed by atoms with Crippen LogP contribution >= 0.6 is 0 Å². The molecule has 0 radical (unpaired) electrons. The van der Waals surface area contributed by atoms with Gasteiger partial charge in [-0.25, -0.2) is 0 Å². The molecule has 2 fully saturated rings. The summed E-state index contributed by atoms with van der Waals surface area (Å²) < 4.78 is 5.70. The second kappa shape index (κ2) is 8.63. The van der Waals surface area contributed by atoms with E-state index in [4.69, 9.17) is 4.74 Å². The minimum atomic E-state index is 0.332. The zero-order valence-corrected chi connectivity index (χ0v) is 12.9. The predicted molar refractivity (Wildman–Crippen MR) is 80.7 cm³/mol. The first kappa shape index (κ1) is 15.8. The quantitative estimate of drug-likeness (QED) is 0.812. The van der Waals surface area contributed by atoms with E-state index in [0.29, 0.717) is 18.4 Å². The highest BCUT2D eigenvalue weighted by Crippen LogP contribution is 2.20. The molecule has 2 rings (SSSR count). The molecule has 2 heterocycles. The van der Waals surface area contributed by atoms with Crippen LogP contribution in [0.15, 0.2) is 0 Å². The number of nitrogens with zero attached hydrogens (tertiary/aromatic N) is 1. The summed E-state index contributed by atoms with van der Waals surface area (Å²) in [5.74, 6) is 1.08. The van der Waals surface area contributed by atoms with Crippen LogP contribution in [0.5, 0.6) is 0 Å². The first-order valence-electron chi connectivity index (χ1n) is 8.39. The van der Waals surface area contributed by atoms with E-state index in [9.17, 15) is 4.79 Å². The maximum Gasteiger partial charge on any atom is 0.222 e. The number of piperidine rings is 1. The molecule has 2 saturated heterocycles. The Morgan fingerprint density at radius 3 is 2.70 bits per heavy atom.